The highest BCUT2D eigenvalue weighted by molar-refractivity contribution is 9.10. The largest absolute Gasteiger partial charge is 0.480 e. The van der Waals surface area contributed by atoms with Gasteiger partial charge in [-0.2, -0.15) is 0 Å². The van der Waals surface area contributed by atoms with E-state index in [4.69, 9.17) is 10.5 Å². The van der Waals surface area contributed by atoms with Crippen molar-refractivity contribution in [2.75, 3.05) is 7.05 Å². The van der Waals surface area contributed by atoms with E-state index in [0.717, 1.165) is 10.0 Å². The number of nitrogens with two attached hydrogens (primary N) is 1. The van der Waals surface area contributed by atoms with Gasteiger partial charge in [-0.3, -0.25) is 9.59 Å². The third-order valence-electron chi connectivity index (χ3n) is 3.91. The zero-order valence-corrected chi connectivity index (χ0v) is 16.3. The lowest BCUT2D eigenvalue weighted by Crippen LogP contribution is -2.44. The summed E-state index contributed by atoms with van der Waals surface area (Å²) in [6, 6.07) is 9.83. The summed E-state index contributed by atoms with van der Waals surface area (Å²) in [5, 5.41) is 0. The Kier molecular flexibility index (Phi) is 6.37. The van der Waals surface area contributed by atoms with Crippen molar-refractivity contribution in [3.8, 4) is 5.75 Å². The predicted octanol–water partition coefficient (Wildman–Crippen LogP) is 3.35. The van der Waals surface area contributed by atoms with Gasteiger partial charge in [-0.05, 0) is 65.2 Å². The fraction of sp³-hybridized carbons (Fsp3) is 0.263. The smallest absolute Gasteiger partial charge is 0.264 e. The SMILES string of the molecule is Cc1ccc(OC(C)C(=O)N(C)C(C(N)=O)c2cccc(F)c2)c(Br)c1. The molecule has 0 fully saturated rings. The first-order valence-corrected chi connectivity index (χ1v) is 8.74. The normalized spacial score (nSPS) is 13.0. The minimum atomic E-state index is -1.09. The number of amides is 2. The third-order valence-corrected chi connectivity index (χ3v) is 4.53. The van der Waals surface area contributed by atoms with E-state index in [9.17, 15) is 14.0 Å². The maximum atomic E-state index is 13.5. The zero-order chi connectivity index (χ0) is 19.4. The summed E-state index contributed by atoms with van der Waals surface area (Å²) in [6.45, 7) is 3.52. The number of hydrogen-bond donors (Lipinski definition) is 1. The van der Waals surface area contributed by atoms with E-state index in [0.29, 0.717) is 11.3 Å². The van der Waals surface area contributed by atoms with E-state index in [1.165, 1.54) is 30.1 Å². The molecule has 7 heteroatoms. The van der Waals surface area contributed by atoms with Gasteiger partial charge >= 0.3 is 0 Å². The molecule has 2 aromatic carbocycles. The van der Waals surface area contributed by atoms with Crippen molar-refractivity contribution < 1.29 is 18.7 Å². The highest BCUT2D eigenvalue weighted by Gasteiger charge is 2.30. The minimum Gasteiger partial charge on any atom is -0.480 e. The number of likely N-dealkylation sites (N-methyl/N-ethyl adjacent to an activating group) is 1. The van der Waals surface area contributed by atoms with Crippen LogP contribution in [0.25, 0.3) is 0 Å². The van der Waals surface area contributed by atoms with Crippen molar-refractivity contribution in [2.24, 2.45) is 5.73 Å². The number of ether oxygens (including phenoxy) is 1. The third kappa shape index (κ3) is 4.60. The first kappa shape index (κ1) is 19.9. The van der Waals surface area contributed by atoms with E-state index in [1.54, 1.807) is 19.1 Å². The zero-order valence-electron chi connectivity index (χ0n) is 14.7. The lowest BCUT2D eigenvalue weighted by Gasteiger charge is -2.28. The number of aryl methyl sites for hydroxylation is 1. The Bertz CT molecular complexity index is 828. The fourth-order valence-corrected chi connectivity index (χ4v) is 3.20. The van der Waals surface area contributed by atoms with Crippen molar-refractivity contribution in [1.82, 2.24) is 4.90 Å². The molecule has 5 nitrogen and oxygen atoms in total. The molecule has 2 atom stereocenters. The molecule has 2 unspecified atom stereocenters. The quantitative estimate of drug-likeness (QED) is 0.775. The lowest BCUT2D eigenvalue weighted by molar-refractivity contribution is -0.143. The van der Waals surface area contributed by atoms with Gasteiger partial charge in [0.15, 0.2) is 6.10 Å². The molecule has 2 rings (SSSR count). The number of nitrogens with zero attached hydrogens (tertiary/aromatic N) is 1. The maximum Gasteiger partial charge on any atom is 0.264 e. The molecule has 2 N–H and O–H groups in total. The van der Waals surface area contributed by atoms with E-state index in [2.05, 4.69) is 15.9 Å². The fourth-order valence-electron chi connectivity index (χ4n) is 2.61. The van der Waals surface area contributed by atoms with Gasteiger partial charge in [0.25, 0.3) is 5.91 Å². The van der Waals surface area contributed by atoms with Gasteiger partial charge in [0.2, 0.25) is 5.91 Å². The molecule has 26 heavy (non-hydrogen) atoms. The van der Waals surface area contributed by atoms with E-state index < -0.39 is 29.8 Å². The Morgan fingerprint density at radius 1 is 1.23 bits per heavy atom. The maximum absolute atomic E-state index is 13.5. The molecule has 0 spiro atoms. The molecule has 2 amide bonds. The van der Waals surface area contributed by atoms with Crippen LogP contribution in [0, 0.1) is 12.7 Å². The second kappa shape index (κ2) is 8.31. The highest BCUT2D eigenvalue weighted by Crippen LogP contribution is 2.28. The summed E-state index contributed by atoms with van der Waals surface area (Å²) in [6.07, 6.45) is -0.866. The first-order chi connectivity index (χ1) is 12.2. The van der Waals surface area contributed by atoms with Crippen molar-refractivity contribution in [1.29, 1.82) is 0 Å². The standard InChI is InChI=1S/C19H20BrFN2O3/c1-11-7-8-16(15(20)9-11)26-12(2)19(25)23(3)17(18(22)24)13-5-4-6-14(21)10-13/h4-10,12,17H,1-3H3,(H2,22,24). The van der Waals surface area contributed by atoms with Crippen molar-refractivity contribution in [3.05, 3.63) is 63.9 Å². The molecular formula is C19H20BrFN2O3. The van der Waals surface area contributed by atoms with Gasteiger partial charge in [0, 0.05) is 7.05 Å². The van der Waals surface area contributed by atoms with Crippen LogP contribution in [-0.4, -0.2) is 29.9 Å². The van der Waals surface area contributed by atoms with Gasteiger partial charge in [-0.1, -0.05) is 18.2 Å². The molecule has 0 radical (unpaired) electrons. The van der Waals surface area contributed by atoms with Crippen LogP contribution in [0.5, 0.6) is 5.75 Å². The van der Waals surface area contributed by atoms with Gasteiger partial charge in [-0.15, -0.1) is 0 Å². The Balaban J connectivity index is 2.21. The topological polar surface area (TPSA) is 72.6 Å². The minimum absolute atomic E-state index is 0.303. The number of benzene rings is 2. The van der Waals surface area contributed by atoms with Crippen LogP contribution < -0.4 is 10.5 Å². The summed E-state index contributed by atoms with van der Waals surface area (Å²) in [5.74, 6) is -1.21. The van der Waals surface area contributed by atoms with Crippen LogP contribution >= 0.6 is 15.9 Å². The number of primary amides is 1. The van der Waals surface area contributed by atoms with E-state index >= 15 is 0 Å². The van der Waals surface area contributed by atoms with Crippen LogP contribution in [0.15, 0.2) is 46.9 Å². The molecule has 0 aliphatic rings. The van der Waals surface area contributed by atoms with Gasteiger partial charge < -0.3 is 15.4 Å². The van der Waals surface area contributed by atoms with Gasteiger partial charge in [0.05, 0.1) is 4.47 Å². The summed E-state index contributed by atoms with van der Waals surface area (Å²) in [5.41, 5.74) is 6.79. The average molecular weight is 423 g/mol. The first-order valence-electron chi connectivity index (χ1n) is 7.95. The van der Waals surface area contributed by atoms with E-state index in [1.807, 2.05) is 19.1 Å². The van der Waals surface area contributed by atoms with Crippen molar-refractivity contribution in [2.45, 2.75) is 26.0 Å². The lowest BCUT2D eigenvalue weighted by atomic mass is 10.0. The summed E-state index contributed by atoms with van der Waals surface area (Å²) >= 11 is 3.39. The Labute approximate surface area is 160 Å². The summed E-state index contributed by atoms with van der Waals surface area (Å²) in [7, 11) is 1.44. The molecule has 2 aromatic rings. The van der Waals surface area contributed by atoms with Crippen LogP contribution in [-0.2, 0) is 9.59 Å². The van der Waals surface area contributed by atoms with E-state index in [-0.39, 0.29) is 0 Å². The van der Waals surface area contributed by atoms with Crippen LogP contribution in [0.1, 0.15) is 24.1 Å². The molecule has 0 saturated heterocycles. The van der Waals surface area contributed by atoms with Crippen LogP contribution in [0.3, 0.4) is 0 Å². The predicted molar refractivity (Wildman–Crippen MR) is 100 cm³/mol. The highest BCUT2D eigenvalue weighted by atomic mass is 79.9. The molecule has 0 aliphatic heterocycles. The number of carbonyl (C=O) groups is 2. The number of carbonyl (C=O) groups excluding carboxylic acids is 2. The molecule has 138 valence electrons. The second-order valence-corrected chi connectivity index (χ2v) is 6.86. The van der Waals surface area contributed by atoms with Gasteiger partial charge in [0.1, 0.15) is 17.6 Å². The van der Waals surface area contributed by atoms with Gasteiger partial charge in [-0.25, -0.2) is 4.39 Å². The van der Waals surface area contributed by atoms with Crippen LogP contribution in [0.2, 0.25) is 0 Å². The Morgan fingerprint density at radius 2 is 1.92 bits per heavy atom. The molecule has 0 aromatic heterocycles. The monoisotopic (exact) mass is 422 g/mol. The molecule has 0 aliphatic carbocycles. The Hall–Kier alpha value is -2.41. The Morgan fingerprint density at radius 3 is 2.50 bits per heavy atom. The summed E-state index contributed by atoms with van der Waals surface area (Å²) < 4.78 is 19.9. The van der Waals surface area contributed by atoms with Crippen LogP contribution in [0.4, 0.5) is 4.39 Å². The summed E-state index contributed by atoms with van der Waals surface area (Å²) in [4.78, 5) is 25.8. The average Bonchev–Trinajstić information content (AvgIpc) is 2.56. The number of halogens is 2. The molecule has 0 saturated carbocycles. The second-order valence-electron chi connectivity index (χ2n) is 6.00. The van der Waals surface area contributed by atoms with Crippen molar-refractivity contribution >= 4 is 27.7 Å². The number of rotatable bonds is 6. The molecule has 0 bridgehead atoms. The molecular weight excluding hydrogens is 403 g/mol. The molecule has 0 heterocycles. The van der Waals surface area contributed by atoms with Crippen molar-refractivity contribution in [3.63, 3.8) is 0 Å². The number of hydrogen-bond acceptors (Lipinski definition) is 3.